The molecule has 18 heavy (non-hydrogen) atoms. The van der Waals surface area contributed by atoms with Gasteiger partial charge in [-0.1, -0.05) is 17.7 Å². The number of aromatic nitrogens is 1. The number of rotatable bonds is 6. The van der Waals surface area contributed by atoms with E-state index in [1.807, 2.05) is 12.1 Å². The van der Waals surface area contributed by atoms with Crippen LogP contribution in [0.2, 0.25) is 0 Å². The number of ether oxygens (including phenoxy) is 1. The molecule has 0 amide bonds. The van der Waals surface area contributed by atoms with E-state index in [1.54, 1.807) is 11.3 Å². The zero-order chi connectivity index (χ0) is 12.8. The van der Waals surface area contributed by atoms with Crippen LogP contribution in [0.4, 0.5) is 0 Å². The molecule has 0 aliphatic heterocycles. The fourth-order valence-corrected chi connectivity index (χ4v) is 2.43. The maximum absolute atomic E-state index is 5.68. The quantitative estimate of drug-likeness (QED) is 0.870. The molecule has 0 fully saturated rings. The Labute approximate surface area is 112 Å². The molecule has 96 valence electrons. The smallest absolute Gasteiger partial charge is 0.119 e. The molecule has 1 aromatic carbocycles. The van der Waals surface area contributed by atoms with E-state index in [0.29, 0.717) is 13.2 Å². The van der Waals surface area contributed by atoms with Crippen molar-refractivity contribution in [2.45, 2.75) is 19.8 Å². The van der Waals surface area contributed by atoms with Crippen LogP contribution in [0.1, 0.15) is 16.3 Å². The fourth-order valence-electron chi connectivity index (χ4n) is 1.62. The first-order valence-electron chi connectivity index (χ1n) is 6.11. The Morgan fingerprint density at radius 3 is 2.72 bits per heavy atom. The Morgan fingerprint density at radius 2 is 2.00 bits per heavy atom. The van der Waals surface area contributed by atoms with Crippen LogP contribution in [0.25, 0.3) is 0 Å². The number of nitrogens with zero attached hydrogens (tertiary/aromatic N) is 1. The molecular weight excluding hydrogens is 244 g/mol. The first-order valence-corrected chi connectivity index (χ1v) is 6.98. The van der Waals surface area contributed by atoms with Crippen molar-refractivity contribution in [2.75, 3.05) is 13.2 Å². The summed E-state index contributed by atoms with van der Waals surface area (Å²) in [4.78, 5) is 4.50. The van der Waals surface area contributed by atoms with Gasteiger partial charge in [0.05, 0.1) is 17.3 Å². The molecule has 0 radical (unpaired) electrons. The molecule has 0 bridgehead atoms. The fraction of sp³-hybridized carbons (Fsp3) is 0.357. The summed E-state index contributed by atoms with van der Waals surface area (Å²) in [6.45, 7) is 3.39. The van der Waals surface area contributed by atoms with E-state index in [9.17, 15) is 0 Å². The average molecular weight is 262 g/mol. The number of aryl methyl sites for hydroxylation is 1. The second-order valence-electron chi connectivity index (χ2n) is 4.18. The summed E-state index contributed by atoms with van der Waals surface area (Å²) in [5.41, 5.74) is 7.83. The zero-order valence-corrected chi connectivity index (χ0v) is 11.4. The van der Waals surface area contributed by atoms with Crippen LogP contribution in [0, 0.1) is 6.92 Å². The molecule has 1 aromatic heterocycles. The van der Waals surface area contributed by atoms with Crippen LogP contribution in [-0.2, 0) is 12.8 Å². The van der Waals surface area contributed by atoms with Crippen molar-refractivity contribution in [3.8, 4) is 5.75 Å². The lowest BCUT2D eigenvalue weighted by Gasteiger charge is -2.04. The largest absolute Gasteiger partial charge is 0.493 e. The molecule has 0 aliphatic carbocycles. The maximum Gasteiger partial charge on any atom is 0.119 e. The van der Waals surface area contributed by atoms with Gasteiger partial charge in [0.25, 0.3) is 0 Å². The molecule has 1 heterocycles. The number of hydrogen-bond donors (Lipinski definition) is 1. The highest BCUT2D eigenvalue weighted by Crippen LogP contribution is 2.14. The van der Waals surface area contributed by atoms with E-state index in [0.717, 1.165) is 29.3 Å². The molecule has 3 nitrogen and oxygen atoms in total. The molecule has 4 heteroatoms. The molecule has 0 spiro atoms. The molecule has 0 aliphatic rings. The number of benzene rings is 1. The topological polar surface area (TPSA) is 48.1 Å². The lowest BCUT2D eigenvalue weighted by molar-refractivity contribution is 0.321. The van der Waals surface area contributed by atoms with E-state index in [1.165, 1.54) is 5.56 Å². The third-order valence-electron chi connectivity index (χ3n) is 2.61. The van der Waals surface area contributed by atoms with Gasteiger partial charge in [-0.05, 0) is 25.6 Å². The Balaban J connectivity index is 1.79. The van der Waals surface area contributed by atoms with Crippen LogP contribution in [0.5, 0.6) is 5.75 Å². The minimum Gasteiger partial charge on any atom is -0.493 e. The van der Waals surface area contributed by atoms with E-state index >= 15 is 0 Å². The number of nitrogens with two attached hydrogens (primary N) is 1. The summed E-state index contributed by atoms with van der Waals surface area (Å²) >= 11 is 1.68. The van der Waals surface area contributed by atoms with Crippen LogP contribution >= 0.6 is 11.3 Å². The SMILES string of the molecule is Cc1ccc(OCCc2nc(CCN)cs2)cc1. The van der Waals surface area contributed by atoms with Gasteiger partial charge in [0.1, 0.15) is 5.75 Å². The Bertz CT molecular complexity index is 479. The van der Waals surface area contributed by atoms with E-state index in [-0.39, 0.29) is 0 Å². The maximum atomic E-state index is 5.68. The number of thiazole rings is 1. The van der Waals surface area contributed by atoms with Crippen molar-refractivity contribution < 1.29 is 4.74 Å². The molecular formula is C14H18N2OS. The molecule has 0 unspecified atom stereocenters. The zero-order valence-electron chi connectivity index (χ0n) is 10.6. The van der Waals surface area contributed by atoms with Crippen molar-refractivity contribution >= 4 is 11.3 Å². The monoisotopic (exact) mass is 262 g/mol. The van der Waals surface area contributed by atoms with Crippen molar-refractivity contribution in [3.05, 3.63) is 45.9 Å². The van der Waals surface area contributed by atoms with Gasteiger partial charge in [0, 0.05) is 18.2 Å². The van der Waals surface area contributed by atoms with E-state index < -0.39 is 0 Å². The minimum atomic E-state index is 0.656. The van der Waals surface area contributed by atoms with Crippen molar-refractivity contribution in [1.82, 2.24) is 4.98 Å². The minimum absolute atomic E-state index is 0.656. The van der Waals surface area contributed by atoms with Crippen molar-refractivity contribution in [3.63, 3.8) is 0 Å². The molecule has 2 N–H and O–H groups in total. The Hall–Kier alpha value is -1.39. The van der Waals surface area contributed by atoms with Gasteiger partial charge in [0.15, 0.2) is 0 Å². The van der Waals surface area contributed by atoms with E-state index in [2.05, 4.69) is 29.4 Å². The summed E-state index contributed by atoms with van der Waals surface area (Å²) in [5, 5.41) is 3.19. The van der Waals surface area contributed by atoms with Crippen LogP contribution in [0.15, 0.2) is 29.6 Å². The van der Waals surface area contributed by atoms with Crippen molar-refractivity contribution in [1.29, 1.82) is 0 Å². The second-order valence-corrected chi connectivity index (χ2v) is 5.13. The lowest BCUT2D eigenvalue weighted by atomic mass is 10.2. The lowest BCUT2D eigenvalue weighted by Crippen LogP contribution is -2.04. The van der Waals surface area contributed by atoms with Gasteiger partial charge in [-0.25, -0.2) is 4.98 Å². The Kier molecular flexibility index (Phi) is 4.73. The van der Waals surface area contributed by atoms with Gasteiger partial charge in [0.2, 0.25) is 0 Å². The Morgan fingerprint density at radius 1 is 1.22 bits per heavy atom. The third-order valence-corrected chi connectivity index (χ3v) is 3.56. The first-order chi connectivity index (χ1) is 8.78. The second kappa shape index (κ2) is 6.52. The molecule has 0 saturated carbocycles. The molecule has 0 atom stereocenters. The third kappa shape index (κ3) is 3.82. The van der Waals surface area contributed by atoms with Crippen LogP contribution in [0.3, 0.4) is 0 Å². The van der Waals surface area contributed by atoms with Gasteiger partial charge in [-0.15, -0.1) is 11.3 Å². The van der Waals surface area contributed by atoms with Crippen LogP contribution < -0.4 is 10.5 Å². The number of hydrogen-bond acceptors (Lipinski definition) is 4. The summed E-state index contributed by atoms with van der Waals surface area (Å²) in [6, 6.07) is 8.10. The molecule has 2 aromatic rings. The average Bonchev–Trinajstić information content (AvgIpc) is 2.80. The van der Waals surface area contributed by atoms with E-state index in [4.69, 9.17) is 10.5 Å². The predicted octanol–water partition coefficient (Wildman–Crippen LogP) is 2.57. The van der Waals surface area contributed by atoms with Gasteiger partial charge < -0.3 is 10.5 Å². The normalized spacial score (nSPS) is 10.6. The van der Waals surface area contributed by atoms with Gasteiger partial charge in [-0.2, -0.15) is 0 Å². The molecule has 0 saturated heterocycles. The van der Waals surface area contributed by atoms with Crippen molar-refractivity contribution in [2.24, 2.45) is 5.73 Å². The van der Waals surface area contributed by atoms with Crippen LogP contribution in [-0.4, -0.2) is 18.1 Å². The predicted molar refractivity (Wildman–Crippen MR) is 75.3 cm³/mol. The summed E-state index contributed by atoms with van der Waals surface area (Å²) in [5.74, 6) is 0.916. The summed E-state index contributed by atoms with van der Waals surface area (Å²) < 4.78 is 5.68. The van der Waals surface area contributed by atoms with Gasteiger partial charge in [-0.3, -0.25) is 0 Å². The first kappa shape index (κ1) is 13.1. The highest BCUT2D eigenvalue weighted by Gasteiger charge is 2.02. The highest BCUT2D eigenvalue weighted by molar-refractivity contribution is 7.09. The summed E-state index contributed by atoms with van der Waals surface area (Å²) in [7, 11) is 0. The standard InChI is InChI=1S/C14H18N2OS/c1-11-2-4-13(5-3-11)17-9-7-14-16-12(6-8-15)10-18-14/h2-5,10H,6-9,15H2,1H3. The molecule has 2 rings (SSSR count). The summed E-state index contributed by atoms with van der Waals surface area (Å²) in [6.07, 6.45) is 1.71. The van der Waals surface area contributed by atoms with Gasteiger partial charge >= 0.3 is 0 Å². The highest BCUT2D eigenvalue weighted by atomic mass is 32.1.